The molecule has 0 saturated heterocycles. The maximum Gasteiger partial charge on any atom is 0.320 e. The monoisotopic (exact) mass is 342 g/mol. The highest BCUT2D eigenvalue weighted by atomic mass is 32.1. The molecule has 7 nitrogen and oxygen atoms in total. The van der Waals surface area contributed by atoms with Crippen LogP contribution in [0.1, 0.15) is 22.2 Å². The van der Waals surface area contributed by atoms with E-state index in [1.165, 1.54) is 18.3 Å². The average molecular weight is 342 g/mol. The normalized spacial score (nSPS) is 15.4. The van der Waals surface area contributed by atoms with E-state index in [4.69, 9.17) is 10.8 Å². The molecular formula is C13H15N2O5PS. The van der Waals surface area contributed by atoms with E-state index in [9.17, 15) is 19.0 Å². The maximum atomic E-state index is 12.1. The molecule has 1 aromatic carbocycles. The van der Waals surface area contributed by atoms with Crippen molar-refractivity contribution >= 4 is 40.8 Å². The first-order chi connectivity index (χ1) is 10.2. The van der Waals surface area contributed by atoms with Crippen molar-refractivity contribution in [2.75, 3.05) is 0 Å². The van der Waals surface area contributed by atoms with E-state index in [-0.39, 0.29) is 6.16 Å². The quantitative estimate of drug-likeness (QED) is 0.592. The largest absolute Gasteiger partial charge is 0.480 e. The van der Waals surface area contributed by atoms with Crippen molar-refractivity contribution in [1.82, 2.24) is 5.09 Å². The number of nitrogens with two attached hydrogens (primary N) is 1. The number of fused-ring (bicyclic) bond motifs is 1. The van der Waals surface area contributed by atoms with Crippen LogP contribution in [-0.2, 0) is 15.5 Å². The molecule has 0 aliphatic rings. The Hall–Kier alpha value is -1.73. The van der Waals surface area contributed by atoms with Gasteiger partial charge >= 0.3 is 5.97 Å². The summed E-state index contributed by atoms with van der Waals surface area (Å²) in [5, 5.41) is 11.7. The summed E-state index contributed by atoms with van der Waals surface area (Å²) < 4.78 is 12.9. The predicted octanol–water partition coefficient (Wildman–Crippen LogP) is 1.75. The number of carbonyl (C=O) groups excluding carboxylic acids is 1. The predicted molar refractivity (Wildman–Crippen MR) is 84.1 cm³/mol. The lowest BCUT2D eigenvalue weighted by Crippen LogP contribution is -2.31. The van der Waals surface area contributed by atoms with Gasteiger partial charge in [0.2, 0.25) is 0 Å². The van der Waals surface area contributed by atoms with Crippen molar-refractivity contribution in [2.45, 2.75) is 19.1 Å². The first kappa shape index (κ1) is 16.6. The van der Waals surface area contributed by atoms with E-state index in [0.29, 0.717) is 10.4 Å². The molecule has 1 heterocycles. The minimum atomic E-state index is -3.83. The second-order valence-corrected chi connectivity index (χ2v) is 7.96. The topological polar surface area (TPSA) is 130 Å². The molecule has 0 aliphatic carbocycles. The summed E-state index contributed by atoms with van der Waals surface area (Å²) >= 11 is 1.25. The molecule has 0 fully saturated rings. The van der Waals surface area contributed by atoms with Crippen LogP contribution in [0.25, 0.3) is 10.1 Å². The van der Waals surface area contributed by atoms with E-state index < -0.39 is 25.4 Å². The van der Waals surface area contributed by atoms with Crippen LogP contribution in [0.2, 0.25) is 0 Å². The minimum absolute atomic E-state index is 0.206. The Kier molecular flexibility index (Phi) is 4.67. The lowest BCUT2D eigenvalue weighted by atomic mass is 10.2. The molecule has 1 amide bonds. The third-order valence-corrected chi connectivity index (χ3v) is 5.70. The van der Waals surface area contributed by atoms with E-state index in [1.807, 2.05) is 0 Å². The molecule has 9 heteroatoms. The van der Waals surface area contributed by atoms with Crippen molar-refractivity contribution in [3.63, 3.8) is 0 Å². The number of hydrogen-bond donors (Lipinski definition) is 4. The Labute approximate surface area is 130 Å². The highest BCUT2D eigenvalue weighted by molar-refractivity contribution is 7.55. The van der Waals surface area contributed by atoms with Gasteiger partial charge in [-0.25, -0.2) is 5.09 Å². The summed E-state index contributed by atoms with van der Waals surface area (Å²) in [5.41, 5.74) is 5.79. The molecule has 0 radical (unpaired) electrons. The van der Waals surface area contributed by atoms with Gasteiger partial charge in [0.1, 0.15) is 6.04 Å². The highest BCUT2D eigenvalue weighted by Crippen LogP contribution is 2.41. The number of carbonyl (C=O) groups is 2. The lowest BCUT2D eigenvalue weighted by Gasteiger charge is -2.16. The van der Waals surface area contributed by atoms with Crippen LogP contribution in [0.15, 0.2) is 24.3 Å². The standard InChI is InChI=1S/C13H15N2O5PS/c1-7(13(17)18)15-21(19,20)6-8-2-3-10-9(4-8)5-11(22-10)12(14)16/h2-5,7H,6H2,1H3,(H2,14,16)(H,17,18)(H2,15,19,20)/t7-/m0/s1. The van der Waals surface area contributed by atoms with Crippen molar-refractivity contribution < 1.29 is 24.2 Å². The smallest absolute Gasteiger partial charge is 0.320 e. The number of thiophene rings is 1. The maximum absolute atomic E-state index is 12.1. The van der Waals surface area contributed by atoms with Gasteiger partial charge < -0.3 is 15.7 Å². The Morgan fingerprint density at radius 1 is 1.41 bits per heavy atom. The Bertz CT molecular complexity index is 788. The lowest BCUT2D eigenvalue weighted by molar-refractivity contribution is -0.138. The summed E-state index contributed by atoms with van der Waals surface area (Å²) in [6, 6.07) is 5.60. The van der Waals surface area contributed by atoms with Crippen LogP contribution in [0.4, 0.5) is 0 Å². The number of carboxylic acid groups (broad SMARTS) is 1. The van der Waals surface area contributed by atoms with E-state index >= 15 is 0 Å². The van der Waals surface area contributed by atoms with Gasteiger partial charge in [0.15, 0.2) is 0 Å². The molecule has 2 aromatic rings. The van der Waals surface area contributed by atoms with Crippen LogP contribution >= 0.6 is 18.9 Å². The minimum Gasteiger partial charge on any atom is -0.480 e. The zero-order valence-corrected chi connectivity index (χ0v) is 13.4. The zero-order valence-electron chi connectivity index (χ0n) is 11.6. The second kappa shape index (κ2) is 6.18. The molecule has 0 bridgehead atoms. The summed E-state index contributed by atoms with van der Waals surface area (Å²) in [6.07, 6.45) is -0.206. The van der Waals surface area contributed by atoms with Crippen LogP contribution < -0.4 is 10.8 Å². The number of rotatable bonds is 6. The Morgan fingerprint density at radius 2 is 2.09 bits per heavy atom. The third kappa shape index (κ3) is 3.92. The van der Waals surface area contributed by atoms with Crippen LogP contribution in [0.3, 0.4) is 0 Å². The summed E-state index contributed by atoms with van der Waals surface area (Å²) in [7, 11) is -3.83. The van der Waals surface area contributed by atoms with Gasteiger partial charge in [-0.2, -0.15) is 0 Å². The fraction of sp³-hybridized carbons (Fsp3) is 0.231. The molecule has 1 aromatic heterocycles. The van der Waals surface area contributed by atoms with Gasteiger partial charge in [-0.1, -0.05) is 6.07 Å². The average Bonchev–Trinajstić information content (AvgIpc) is 2.80. The molecule has 2 atom stereocenters. The number of nitrogens with one attached hydrogen (secondary N) is 1. The third-order valence-electron chi connectivity index (χ3n) is 2.99. The van der Waals surface area contributed by atoms with Gasteiger partial charge in [-0.15, -0.1) is 11.3 Å². The zero-order chi connectivity index (χ0) is 16.5. The Balaban J connectivity index is 2.22. The summed E-state index contributed by atoms with van der Waals surface area (Å²) in [4.78, 5) is 32.2. The summed E-state index contributed by atoms with van der Waals surface area (Å²) in [5.74, 6) is -1.72. The molecule has 0 saturated carbocycles. The molecule has 22 heavy (non-hydrogen) atoms. The van der Waals surface area contributed by atoms with E-state index in [2.05, 4.69) is 5.09 Å². The van der Waals surface area contributed by atoms with Gasteiger partial charge in [0.05, 0.1) is 11.0 Å². The number of hydrogen-bond acceptors (Lipinski definition) is 4. The Morgan fingerprint density at radius 3 is 2.68 bits per heavy atom. The molecule has 0 spiro atoms. The van der Waals surface area contributed by atoms with Crippen LogP contribution in [0.5, 0.6) is 0 Å². The van der Waals surface area contributed by atoms with E-state index in [0.717, 1.165) is 10.1 Å². The van der Waals surface area contributed by atoms with Crippen molar-refractivity contribution in [3.8, 4) is 0 Å². The van der Waals surface area contributed by atoms with Crippen molar-refractivity contribution in [2.24, 2.45) is 5.73 Å². The van der Waals surface area contributed by atoms with Crippen molar-refractivity contribution in [1.29, 1.82) is 0 Å². The van der Waals surface area contributed by atoms with Gasteiger partial charge in [-0.3, -0.25) is 14.2 Å². The number of aliphatic carboxylic acids is 1. The molecule has 0 aliphatic heterocycles. The highest BCUT2D eigenvalue weighted by Gasteiger charge is 2.25. The van der Waals surface area contributed by atoms with E-state index in [1.54, 1.807) is 24.3 Å². The van der Waals surface area contributed by atoms with Gasteiger partial charge in [-0.05, 0) is 36.1 Å². The number of benzene rings is 1. The number of primary amides is 1. The summed E-state index contributed by atoms with van der Waals surface area (Å²) in [6.45, 7) is 1.30. The molecule has 5 N–H and O–H groups in total. The molecule has 1 unspecified atom stereocenters. The molecular weight excluding hydrogens is 327 g/mol. The van der Waals surface area contributed by atoms with Gasteiger partial charge in [0, 0.05) is 4.70 Å². The fourth-order valence-electron chi connectivity index (χ4n) is 1.96. The first-order valence-corrected chi connectivity index (χ1v) is 8.99. The van der Waals surface area contributed by atoms with Crippen LogP contribution in [0, 0.1) is 0 Å². The molecule has 118 valence electrons. The first-order valence-electron chi connectivity index (χ1n) is 6.32. The second-order valence-electron chi connectivity index (χ2n) is 4.90. The number of amides is 1. The fourth-order valence-corrected chi connectivity index (χ4v) is 4.36. The number of carboxylic acids is 1. The SMILES string of the molecule is C[C@H](NP(=O)(O)Cc1ccc2sc(C(N)=O)cc2c1)C(=O)O. The van der Waals surface area contributed by atoms with Crippen molar-refractivity contribution in [3.05, 3.63) is 34.7 Å². The van der Waals surface area contributed by atoms with Gasteiger partial charge in [0.25, 0.3) is 13.4 Å². The van der Waals surface area contributed by atoms with Crippen LogP contribution in [-0.4, -0.2) is 27.9 Å². The molecule has 2 rings (SSSR count).